The molecule has 1 aliphatic heterocycles. The van der Waals surface area contributed by atoms with E-state index in [4.69, 9.17) is 0 Å². The van der Waals surface area contributed by atoms with Crippen LogP contribution in [0.3, 0.4) is 0 Å². The Hall–Kier alpha value is -2.43. The molecular weight excluding hydrogens is 290 g/mol. The molecule has 2 amide bonds. The van der Waals surface area contributed by atoms with Crippen LogP contribution in [0.2, 0.25) is 0 Å². The van der Waals surface area contributed by atoms with E-state index >= 15 is 0 Å². The van der Waals surface area contributed by atoms with E-state index in [0.717, 1.165) is 22.5 Å². The van der Waals surface area contributed by atoms with Crippen LogP contribution in [-0.2, 0) is 16.1 Å². The molecule has 1 atom stereocenters. The number of aryl methyl sites for hydroxylation is 4. The summed E-state index contributed by atoms with van der Waals surface area (Å²) in [4.78, 5) is 26.4. The van der Waals surface area contributed by atoms with Gasteiger partial charge in [-0.2, -0.15) is 5.10 Å². The minimum Gasteiger partial charge on any atom is -0.274 e. The molecule has 0 aliphatic carbocycles. The fraction of sp³-hybridized carbons (Fsp3) is 0.389. The molecule has 23 heavy (non-hydrogen) atoms. The van der Waals surface area contributed by atoms with E-state index in [-0.39, 0.29) is 24.2 Å². The Kier molecular flexibility index (Phi) is 3.80. The van der Waals surface area contributed by atoms with Crippen LogP contribution >= 0.6 is 0 Å². The summed E-state index contributed by atoms with van der Waals surface area (Å²) in [6.07, 6.45) is 0.240. The molecule has 5 heteroatoms. The molecule has 3 rings (SSSR count). The van der Waals surface area contributed by atoms with Crippen LogP contribution in [-0.4, -0.2) is 21.6 Å². The maximum atomic E-state index is 12.7. The standard InChI is InChI=1S/C18H21N3O2/c1-11-5-12(2)7-16(6-11)21-17(22)9-15(18(21)23)10-20-14(4)8-13(3)19-20/h5-8,15H,9-10H2,1-4H3/t15-/m0/s1. The van der Waals surface area contributed by atoms with Gasteiger partial charge in [-0.15, -0.1) is 0 Å². The average Bonchev–Trinajstić information content (AvgIpc) is 2.88. The number of amides is 2. The third kappa shape index (κ3) is 2.91. The summed E-state index contributed by atoms with van der Waals surface area (Å²) in [5.74, 6) is -0.611. The predicted octanol–water partition coefficient (Wildman–Crippen LogP) is 2.70. The molecule has 0 spiro atoms. The smallest absolute Gasteiger partial charge is 0.239 e. The SMILES string of the molecule is Cc1cc(C)cc(N2C(=O)C[C@@H](Cn3nc(C)cc3C)C2=O)c1. The second-order valence-electron chi connectivity index (χ2n) is 6.42. The third-order valence-electron chi connectivity index (χ3n) is 4.20. The van der Waals surface area contributed by atoms with Gasteiger partial charge in [0, 0.05) is 12.1 Å². The van der Waals surface area contributed by atoms with Gasteiger partial charge in [0.1, 0.15) is 0 Å². The normalized spacial score (nSPS) is 18.1. The first kappa shape index (κ1) is 15.5. The van der Waals surface area contributed by atoms with Gasteiger partial charge in [0.25, 0.3) is 0 Å². The molecule has 1 saturated heterocycles. The Labute approximate surface area is 135 Å². The van der Waals surface area contributed by atoms with Gasteiger partial charge in [-0.1, -0.05) is 6.07 Å². The quantitative estimate of drug-likeness (QED) is 0.819. The summed E-state index contributed by atoms with van der Waals surface area (Å²) in [6, 6.07) is 7.77. The lowest BCUT2D eigenvalue weighted by Gasteiger charge is -2.17. The van der Waals surface area contributed by atoms with Crippen molar-refractivity contribution in [3.8, 4) is 0 Å². The van der Waals surface area contributed by atoms with Crippen molar-refractivity contribution >= 4 is 17.5 Å². The van der Waals surface area contributed by atoms with E-state index in [1.807, 2.05) is 56.6 Å². The minimum absolute atomic E-state index is 0.132. The van der Waals surface area contributed by atoms with Gasteiger partial charge in [-0.3, -0.25) is 19.2 Å². The number of nitrogens with zero attached hydrogens (tertiary/aromatic N) is 3. The van der Waals surface area contributed by atoms with Gasteiger partial charge in [0.15, 0.2) is 0 Å². The molecule has 5 nitrogen and oxygen atoms in total. The van der Waals surface area contributed by atoms with E-state index < -0.39 is 0 Å². The summed E-state index contributed by atoms with van der Waals surface area (Å²) in [7, 11) is 0. The average molecular weight is 311 g/mol. The number of hydrogen-bond acceptors (Lipinski definition) is 3. The van der Waals surface area contributed by atoms with Crippen molar-refractivity contribution < 1.29 is 9.59 Å². The van der Waals surface area contributed by atoms with Crippen molar-refractivity contribution in [2.45, 2.75) is 40.7 Å². The van der Waals surface area contributed by atoms with Gasteiger partial charge in [-0.05, 0) is 57.0 Å². The Balaban J connectivity index is 1.86. The lowest BCUT2D eigenvalue weighted by Crippen LogP contribution is -2.31. The van der Waals surface area contributed by atoms with Gasteiger partial charge < -0.3 is 0 Å². The van der Waals surface area contributed by atoms with Crippen molar-refractivity contribution in [3.05, 3.63) is 46.8 Å². The molecule has 2 heterocycles. The highest BCUT2D eigenvalue weighted by Crippen LogP contribution is 2.29. The van der Waals surface area contributed by atoms with E-state index in [1.54, 1.807) is 0 Å². The van der Waals surface area contributed by atoms with Crippen molar-refractivity contribution in [1.29, 1.82) is 0 Å². The molecule has 0 bridgehead atoms. The van der Waals surface area contributed by atoms with Gasteiger partial charge in [-0.25, -0.2) is 0 Å². The van der Waals surface area contributed by atoms with Crippen LogP contribution < -0.4 is 4.90 Å². The second kappa shape index (κ2) is 5.65. The zero-order valence-corrected chi connectivity index (χ0v) is 14.0. The number of rotatable bonds is 3. The fourth-order valence-corrected chi connectivity index (χ4v) is 3.26. The first-order chi connectivity index (χ1) is 10.8. The molecule has 0 radical (unpaired) electrons. The van der Waals surface area contributed by atoms with E-state index in [0.29, 0.717) is 12.2 Å². The Morgan fingerprint density at radius 1 is 1.04 bits per heavy atom. The molecule has 1 aromatic carbocycles. The van der Waals surface area contributed by atoms with Crippen LogP contribution in [0.1, 0.15) is 28.9 Å². The van der Waals surface area contributed by atoms with Gasteiger partial charge >= 0.3 is 0 Å². The zero-order valence-electron chi connectivity index (χ0n) is 14.0. The number of benzene rings is 1. The molecule has 1 aromatic heterocycles. The minimum atomic E-state index is -0.346. The summed E-state index contributed by atoms with van der Waals surface area (Å²) in [6.45, 7) is 8.27. The Morgan fingerprint density at radius 2 is 1.70 bits per heavy atom. The van der Waals surface area contributed by atoms with Gasteiger partial charge in [0.05, 0.1) is 23.8 Å². The highest BCUT2D eigenvalue weighted by atomic mass is 16.2. The maximum Gasteiger partial charge on any atom is 0.239 e. The summed E-state index contributed by atoms with van der Waals surface area (Å²) < 4.78 is 1.82. The maximum absolute atomic E-state index is 12.7. The second-order valence-corrected chi connectivity index (χ2v) is 6.42. The van der Waals surface area contributed by atoms with Crippen molar-refractivity contribution in [3.63, 3.8) is 0 Å². The molecule has 0 N–H and O–H groups in total. The van der Waals surface area contributed by atoms with Crippen LogP contribution in [0.25, 0.3) is 0 Å². The number of hydrogen-bond donors (Lipinski definition) is 0. The molecule has 1 aliphatic rings. The van der Waals surface area contributed by atoms with Crippen LogP contribution in [0.5, 0.6) is 0 Å². The summed E-state index contributed by atoms with van der Waals surface area (Å²) >= 11 is 0. The van der Waals surface area contributed by atoms with Crippen LogP contribution in [0, 0.1) is 33.6 Å². The first-order valence-electron chi connectivity index (χ1n) is 7.81. The van der Waals surface area contributed by atoms with E-state index in [2.05, 4.69) is 5.10 Å². The summed E-state index contributed by atoms with van der Waals surface area (Å²) in [5, 5.41) is 4.39. The zero-order chi connectivity index (χ0) is 16.7. The molecule has 0 saturated carbocycles. The third-order valence-corrected chi connectivity index (χ3v) is 4.20. The predicted molar refractivity (Wildman–Crippen MR) is 88.2 cm³/mol. The van der Waals surface area contributed by atoms with Crippen LogP contribution in [0.4, 0.5) is 5.69 Å². The number of anilines is 1. The number of aromatic nitrogens is 2. The fourth-order valence-electron chi connectivity index (χ4n) is 3.26. The number of carbonyl (C=O) groups is 2. The topological polar surface area (TPSA) is 55.2 Å². The molecule has 1 fully saturated rings. The van der Waals surface area contributed by atoms with Crippen molar-refractivity contribution in [2.75, 3.05) is 4.90 Å². The summed E-state index contributed by atoms with van der Waals surface area (Å²) in [5.41, 5.74) is 4.69. The largest absolute Gasteiger partial charge is 0.274 e. The molecule has 2 aromatic rings. The highest BCUT2D eigenvalue weighted by Gasteiger charge is 2.40. The molecular formula is C18H21N3O2. The van der Waals surface area contributed by atoms with Crippen molar-refractivity contribution in [1.82, 2.24) is 9.78 Å². The Bertz CT molecular complexity index is 771. The van der Waals surface area contributed by atoms with Crippen LogP contribution in [0.15, 0.2) is 24.3 Å². The number of carbonyl (C=O) groups excluding carboxylic acids is 2. The lowest BCUT2D eigenvalue weighted by molar-refractivity contribution is -0.122. The molecule has 120 valence electrons. The van der Waals surface area contributed by atoms with Gasteiger partial charge in [0.2, 0.25) is 11.8 Å². The highest BCUT2D eigenvalue weighted by molar-refractivity contribution is 6.20. The first-order valence-corrected chi connectivity index (χ1v) is 7.81. The van der Waals surface area contributed by atoms with E-state index in [1.165, 1.54) is 4.90 Å². The number of imide groups is 1. The Morgan fingerprint density at radius 3 is 2.26 bits per heavy atom. The van der Waals surface area contributed by atoms with E-state index in [9.17, 15) is 9.59 Å². The molecule has 0 unspecified atom stereocenters. The lowest BCUT2D eigenvalue weighted by atomic mass is 10.1. The monoisotopic (exact) mass is 311 g/mol. The van der Waals surface area contributed by atoms with Crippen molar-refractivity contribution in [2.24, 2.45) is 5.92 Å².